The van der Waals surface area contributed by atoms with Crippen molar-refractivity contribution in [3.05, 3.63) is 0 Å². The van der Waals surface area contributed by atoms with Crippen molar-refractivity contribution in [3.63, 3.8) is 0 Å². The molecule has 108 valence electrons. The van der Waals surface area contributed by atoms with Crippen molar-refractivity contribution in [2.45, 2.75) is 40.7 Å². The molecule has 0 bridgehead atoms. The van der Waals surface area contributed by atoms with E-state index in [1.807, 2.05) is 6.92 Å². The Kier molecular flexibility index (Phi) is 9.02. The minimum atomic E-state index is -0.0516. The molecule has 4 nitrogen and oxygen atoms in total. The van der Waals surface area contributed by atoms with Crippen LogP contribution >= 0.6 is 0 Å². The summed E-state index contributed by atoms with van der Waals surface area (Å²) >= 11 is 0. The molecule has 0 aromatic rings. The molecule has 0 radical (unpaired) electrons. The van der Waals surface area contributed by atoms with Gasteiger partial charge < -0.3 is 14.8 Å². The third-order valence-electron chi connectivity index (χ3n) is 3.15. The van der Waals surface area contributed by atoms with Gasteiger partial charge in [-0.3, -0.25) is 4.79 Å². The maximum atomic E-state index is 11.6. The predicted molar refractivity (Wildman–Crippen MR) is 73.5 cm³/mol. The minimum Gasteiger partial charge on any atom is -0.382 e. The van der Waals surface area contributed by atoms with Crippen LogP contribution in [0.5, 0.6) is 0 Å². The van der Waals surface area contributed by atoms with Crippen LogP contribution in [0, 0.1) is 17.8 Å². The van der Waals surface area contributed by atoms with Crippen LogP contribution in [0.3, 0.4) is 0 Å². The van der Waals surface area contributed by atoms with Crippen LogP contribution in [0.1, 0.15) is 34.6 Å². The average Bonchev–Trinajstić information content (AvgIpc) is 2.26. The minimum absolute atomic E-state index is 0.0493. The van der Waals surface area contributed by atoms with Crippen LogP contribution in [0.15, 0.2) is 0 Å². The molecule has 0 rings (SSSR count). The lowest BCUT2D eigenvalue weighted by Crippen LogP contribution is -2.36. The summed E-state index contributed by atoms with van der Waals surface area (Å²) in [6, 6.07) is 0. The monoisotopic (exact) mass is 259 g/mol. The second kappa shape index (κ2) is 9.34. The molecule has 1 atom stereocenters. The van der Waals surface area contributed by atoms with Crippen LogP contribution < -0.4 is 5.32 Å². The number of carbonyl (C=O) groups is 1. The summed E-state index contributed by atoms with van der Waals surface area (Å²) in [5.41, 5.74) is 0. The molecule has 1 amide bonds. The van der Waals surface area contributed by atoms with E-state index in [2.05, 4.69) is 33.0 Å². The highest BCUT2D eigenvalue weighted by Crippen LogP contribution is 2.19. The fourth-order valence-corrected chi connectivity index (χ4v) is 2.02. The van der Waals surface area contributed by atoms with Crippen LogP contribution in [-0.4, -0.2) is 38.9 Å². The Hall–Kier alpha value is -0.610. The topological polar surface area (TPSA) is 47.6 Å². The summed E-state index contributed by atoms with van der Waals surface area (Å²) < 4.78 is 10.3. The number of carbonyl (C=O) groups excluding carboxylic acids is 1. The Balaban J connectivity index is 3.88. The van der Waals surface area contributed by atoms with Crippen molar-refractivity contribution in [1.29, 1.82) is 0 Å². The zero-order valence-electron chi connectivity index (χ0n) is 12.7. The van der Waals surface area contributed by atoms with Gasteiger partial charge in [0.25, 0.3) is 0 Å². The average molecular weight is 259 g/mol. The number of hydrogen-bond acceptors (Lipinski definition) is 3. The summed E-state index contributed by atoms with van der Waals surface area (Å²) in [5.74, 6) is 1.59. The molecule has 0 aromatic carbocycles. The molecule has 0 saturated carbocycles. The van der Waals surface area contributed by atoms with Gasteiger partial charge in [-0.25, -0.2) is 0 Å². The van der Waals surface area contributed by atoms with E-state index in [0.29, 0.717) is 24.4 Å². The smallest absolute Gasteiger partial charge is 0.246 e. The lowest BCUT2D eigenvalue weighted by atomic mass is 9.85. The summed E-state index contributed by atoms with van der Waals surface area (Å²) in [6.45, 7) is 12.0. The van der Waals surface area contributed by atoms with Crippen LogP contribution in [0.4, 0.5) is 0 Å². The van der Waals surface area contributed by atoms with Crippen molar-refractivity contribution in [2.24, 2.45) is 17.8 Å². The molecule has 0 aliphatic carbocycles. The fourth-order valence-electron chi connectivity index (χ4n) is 2.02. The number of amides is 1. The normalized spacial score (nSPS) is 13.4. The molecule has 0 spiro atoms. The van der Waals surface area contributed by atoms with E-state index in [1.165, 1.54) is 0 Å². The SMILES string of the molecule is COCC(C)OCC(=O)NCC(C(C)C)C(C)C. The predicted octanol–water partition coefficient (Wildman–Crippen LogP) is 2.08. The van der Waals surface area contributed by atoms with Crippen molar-refractivity contribution in [2.75, 3.05) is 26.9 Å². The molecular formula is C14H29NO3. The molecule has 1 unspecified atom stereocenters. The molecule has 0 heterocycles. The van der Waals surface area contributed by atoms with E-state index in [4.69, 9.17) is 9.47 Å². The number of hydrogen-bond donors (Lipinski definition) is 1. The van der Waals surface area contributed by atoms with E-state index in [-0.39, 0.29) is 18.6 Å². The van der Waals surface area contributed by atoms with Crippen molar-refractivity contribution >= 4 is 5.91 Å². The standard InChI is InChI=1S/C14H29NO3/c1-10(2)13(11(3)4)7-15-14(16)9-18-12(5)8-17-6/h10-13H,7-9H2,1-6H3,(H,15,16). The Morgan fingerprint density at radius 3 is 2.11 bits per heavy atom. The third kappa shape index (κ3) is 7.67. The largest absolute Gasteiger partial charge is 0.382 e. The highest BCUT2D eigenvalue weighted by Gasteiger charge is 2.18. The zero-order chi connectivity index (χ0) is 14.1. The Bertz CT molecular complexity index is 221. The van der Waals surface area contributed by atoms with Crippen LogP contribution in [0.25, 0.3) is 0 Å². The van der Waals surface area contributed by atoms with Gasteiger partial charge in [-0.1, -0.05) is 27.7 Å². The fraction of sp³-hybridized carbons (Fsp3) is 0.929. The van der Waals surface area contributed by atoms with Crippen molar-refractivity contribution in [3.8, 4) is 0 Å². The molecule has 0 aromatic heterocycles. The highest BCUT2D eigenvalue weighted by molar-refractivity contribution is 5.77. The molecule has 0 fully saturated rings. The second-order valence-corrected chi connectivity index (χ2v) is 5.53. The van der Waals surface area contributed by atoms with E-state index in [9.17, 15) is 4.79 Å². The Labute approximate surface area is 111 Å². The maximum Gasteiger partial charge on any atom is 0.246 e. The van der Waals surface area contributed by atoms with E-state index in [0.717, 1.165) is 6.54 Å². The maximum absolute atomic E-state index is 11.6. The Morgan fingerprint density at radius 1 is 1.11 bits per heavy atom. The van der Waals surface area contributed by atoms with Gasteiger partial charge in [0.15, 0.2) is 0 Å². The Morgan fingerprint density at radius 2 is 1.67 bits per heavy atom. The van der Waals surface area contributed by atoms with Gasteiger partial charge in [0.2, 0.25) is 5.91 Å². The van der Waals surface area contributed by atoms with Crippen molar-refractivity contribution < 1.29 is 14.3 Å². The summed E-state index contributed by atoms with van der Waals surface area (Å²) in [7, 11) is 1.62. The van der Waals surface area contributed by atoms with Gasteiger partial charge in [-0.2, -0.15) is 0 Å². The van der Waals surface area contributed by atoms with E-state index >= 15 is 0 Å². The molecule has 0 aliphatic heterocycles. The number of rotatable bonds is 9. The lowest BCUT2D eigenvalue weighted by molar-refractivity contribution is -0.128. The van der Waals surface area contributed by atoms with Gasteiger partial charge in [0, 0.05) is 13.7 Å². The molecule has 0 aliphatic rings. The van der Waals surface area contributed by atoms with Gasteiger partial charge in [0.05, 0.1) is 12.7 Å². The first kappa shape index (κ1) is 17.4. The third-order valence-corrected chi connectivity index (χ3v) is 3.15. The molecule has 4 heteroatoms. The molecular weight excluding hydrogens is 230 g/mol. The highest BCUT2D eigenvalue weighted by atomic mass is 16.5. The summed E-state index contributed by atoms with van der Waals surface area (Å²) in [5, 5.41) is 2.94. The number of methoxy groups -OCH3 is 1. The lowest BCUT2D eigenvalue weighted by Gasteiger charge is -2.25. The van der Waals surface area contributed by atoms with Crippen LogP contribution in [-0.2, 0) is 14.3 Å². The first-order chi connectivity index (χ1) is 8.38. The summed E-state index contributed by atoms with van der Waals surface area (Å²) in [6.07, 6.45) is -0.0493. The first-order valence-corrected chi connectivity index (χ1v) is 6.75. The second-order valence-electron chi connectivity index (χ2n) is 5.53. The van der Waals surface area contributed by atoms with Gasteiger partial charge in [-0.05, 0) is 24.7 Å². The first-order valence-electron chi connectivity index (χ1n) is 6.75. The number of ether oxygens (including phenoxy) is 2. The van der Waals surface area contributed by atoms with Crippen LogP contribution in [0.2, 0.25) is 0 Å². The van der Waals surface area contributed by atoms with Gasteiger partial charge in [0.1, 0.15) is 6.61 Å². The van der Waals surface area contributed by atoms with E-state index < -0.39 is 0 Å². The van der Waals surface area contributed by atoms with Gasteiger partial charge >= 0.3 is 0 Å². The zero-order valence-corrected chi connectivity index (χ0v) is 12.7. The van der Waals surface area contributed by atoms with E-state index in [1.54, 1.807) is 7.11 Å². The quantitative estimate of drug-likeness (QED) is 0.689. The molecule has 0 saturated heterocycles. The summed E-state index contributed by atoms with van der Waals surface area (Å²) in [4.78, 5) is 11.6. The molecule has 18 heavy (non-hydrogen) atoms. The molecule has 1 N–H and O–H groups in total. The van der Waals surface area contributed by atoms with Gasteiger partial charge in [-0.15, -0.1) is 0 Å². The van der Waals surface area contributed by atoms with Crippen molar-refractivity contribution in [1.82, 2.24) is 5.32 Å². The number of nitrogens with one attached hydrogen (secondary N) is 1.